The van der Waals surface area contributed by atoms with Crippen LogP contribution in [-0.4, -0.2) is 10.2 Å². The van der Waals surface area contributed by atoms with Crippen LogP contribution in [0.1, 0.15) is 32.6 Å². The molecule has 2 N–H and O–H groups in total. The lowest BCUT2D eigenvalue weighted by Gasteiger charge is -1.96. The number of hydrogen-bond donors (Lipinski definition) is 2. The second kappa shape index (κ2) is 5.42. The van der Waals surface area contributed by atoms with Gasteiger partial charge in [-0.1, -0.05) is 31.4 Å². The lowest BCUT2D eigenvalue weighted by molar-refractivity contribution is 0.187. The smallest absolute Gasteiger partial charge is 0.289 e. The normalized spacial score (nSPS) is 9.40. The van der Waals surface area contributed by atoms with Crippen LogP contribution < -0.4 is 0 Å². The van der Waals surface area contributed by atoms with Crippen LogP contribution in [-0.2, 0) is 0 Å². The molecule has 3 heteroatoms. The first-order chi connectivity index (χ1) is 4.68. The lowest BCUT2D eigenvalue weighted by Crippen LogP contribution is -1.83. The number of aliphatic hydroxyl groups excluding tert-OH is 1. The molecule has 0 aliphatic carbocycles. The molecular weight excluding hydrogens is 152 g/mol. The van der Waals surface area contributed by atoms with Crippen molar-refractivity contribution in [1.29, 1.82) is 0 Å². The van der Waals surface area contributed by atoms with Crippen molar-refractivity contribution in [2.75, 3.05) is 0 Å². The van der Waals surface area contributed by atoms with Gasteiger partial charge >= 0.3 is 0 Å². The number of halogens is 1. The molecule has 0 aliphatic heterocycles. The highest BCUT2D eigenvalue weighted by molar-refractivity contribution is 6.29. The third kappa shape index (κ3) is 4.50. The molecule has 60 valence electrons. The first-order valence-electron chi connectivity index (χ1n) is 3.45. The van der Waals surface area contributed by atoms with Crippen LogP contribution >= 0.6 is 11.6 Å². The second-order valence-corrected chi connectivity index (χ2v) is 2.64. The average molecular weight is 165 g/mol. The third-order valence-electron chi connectivity index (χ3n) is 1.24. The molecule has 0 atom stereocenters. The zero-order valence-corrected chi connectivity index (χ0v) is 6.86. The number of hydrogen-bond acceptors (Lipinski definition) is 2. The molecule has 0 fully saturated rings. The Kier molecular flexibility index (Phi) is 5.22. The van der Waals surface area contributed by atoms with Crippen LogP contribution in [0.5, 0.6) is 0 Å². The molecule has 0 saturated carbocycles. The van der Waals surface area contributed by atoms with Crippen molar-refractivity contribution in [3.63, 3.8) is 0 Å². The second-order valence-electron chi connectivity index (χ2n) is 2.19. The average Bonchev–Trinajstić information content (AvgIpc) is 1.88. The van der Waals surface area contributed by atoms with Crippen molar-refractivity contribution >= 4 is 11.6 Å². The minimum absolute atomic E-state index is 0.161. The van der Waals surface area contributed by atoms with Gasteiger partial charge in [-0.05, 0) is 12.8 Å². The molecule has 0 amide bonds. The van der Waals surface area contributed by atoms with Crippen LogP contribution in [0.3, 0.4) is 0 Å². The summed E-state index contributed by atoms with van der Waals surface area (Å²) in [5, 5.41) is 17.0. The van der Waals surface area contributed by atoms with E-state index in [2.05, 4.69) is 6.92 Å². The van der Waals surface area contributed by atoms with Gasteiger partial charge in [0.25, 0.3) is 5.95 Å². The fourth-order valence-electron chi connectivity index (χ4n) is 0.642. The lowest BCUT2D eigenvalue weighted by atomic mass is 10.2. The summed E-state index contributed by atoms with van der Waals surface area (Å²) in [4.78, 5) is 0. The Morgan fingerprint density at radius 2 is 1.90 bits per heavy atom. The van der Waals surface area contributed by atoms with E-state index >= 15 is 0 Å². The molecule has 0 radical (unpaired) electrons. The molecule has 0 rings (SSSR count). The van der Waals surface area contributed by atoms with Crippen molar-refractivity contribution in [2.24, 2.45) is 0 Å². The van der Waals surface area contributed by atoms with Crippen LogP contribution in [0.25, 0.3) is 0 Å². The molecule has 0 heterocycles. The van der Waals surface area contributed by atoms with Crippen molar-refractivity contribution in [3.05, 3.63) is 11.0 Å². The van der Waals surface area contributed by atoms with Gasteiger partial charge in [-0.15, -0.1) is 0 Å². The Hall–Kier alpha value is -0.370. The van der Waals surface area contributed by atoms with Gasteiger partial charge in [0, 0.05) is 0 Å². The zero-order valence-electron chi connectivity index (χ0n) is 6.10. The van der Waals surface area contributed by atoms with Crippen LogP contribution in [0.4, 0.5) is 0 Å². The van der Waals surface area contributed by atoms with Gasteiger partial charge in [0.15, 0.2) is 0 Å². The van der Waals surface area contributed by atoms with Gasteiger partial charge < -0.3 is 10.2 Å². The first-order valence-corrected chi connectivity index (χ1v) is 3.82. The van der Waals surface area contributed by atoms with Crippen LogP contribution in [0, 0.1) is 0 Å². The molecular formula is C7H13ClO2. The van der Waals surface area contributed by atoms with Gasteiger partial charge in [-0.25, -0.2) is 0 Å². The highest BCUT2D eigenvalue weighted by atomic mass is 35.5. The Morgan fingerprint density at radius 3 is 2.30 bits per heavy atom. The van der Waals surface area contributed by atoms with Crippen LogP contribution in [0.2, 0.25) is 0 Å². The van der Waals surface area contributed by atoms with Crippen molar-refractivity contribution in [3.8, 4) is 0 Å². The number of rotatable bonds is 4. The maximum absolute atomic E-state index is 8.42. The van der Waals surface area contributed by atoms with E-state index in [1.54, 1.807) is 0 Å². The standard InChI is InChI=1S/C7H13ClO2/c1-2-3-4-5-6(8)7(9)10/h9-10H,2-5H2,1H3. The monoisotopic (exact) mass is 164 g/mol. The SMILES string of the molecule is CCCCCC(Cl)=C(O)O. The van der Waals surface area contributed by atoms with Crippen LogP contribution in [0.15, 0.2) is 11.0 Å². The van der Waals surface area contributed by atoms with Crippen molar-refractivity contribution in [2.45, 2.75) is 32.6 Å². The summed E-state index contributed by atoms with van der Waals surface area (Å²) in [6.07, 6.45) is 3.66. The topological polar surface area (TPSA) is 40.5 Å². The van der Waals surface area contributed by atoms with E-state index in [1.807, 2.05) is 0 Å². The van der Waals surface area contributed by atoms with E-state index < -0.39 is 5.95 Å². The largest absolute Gasteiger partial charge is 0.480 e. The fraction of sp³-hybridized carbons (Fsp3) is 0.714. The summed E-state index contributed by atoms with van der Waals surface area (Å²) >= 11 is 5.43. The minimum Gasteiger partial charge on any atom is -0.480 e. The maximum atomic E-state index is 8.42. The summed E-state index contributed by atoms with van der Waals surface area (Å²) < 4.78 is 0. The molecule has 0 unspecified atom stereocenters. The Balaban J connectivity index is 3.40. The van der Waals surface area contributed by atoms with E-state index in [0.29, 0.717) is 6.42 Å². The summed E-state index contributed by atoms with van der Waals surface area (Å²) in [6.45, 7) is 2.08. The fourth-order valence-corrected chi connectivity index (χ4v) is 0.776. The van der Waals surface area contributed by atoms with E-state index in [9.17, 15) is 0 Å². The molecule has 0 bridgehead atoms. The summed E-state index contributed by atoms with van der Waals surface area (Å²) in [5.41, 5.74) is 0. The summed E-state index contributed by atoms with van der Waals surface area (Å²) in [5.74, 6) is -0.738. The number of unbranched alkanes of at least 4 members (excludes halogenated alkanes) is 2. The highest BCUT2D eigenvalue weighted by Gasteiger charge is 1.98. The Labute approximate surface area is 66.1 Å². The number of aliphatic hydroxyl groups is 2. The van der Waals surface area contributed by atoms with E-state index in [-0.39, 0.29) is 5.03 Å². The predicted octanol–water partition coefficient (Wildman–Crippen LogP) is 3.09. The molecule has 0 spiro atoms. The molecule has 0 aromatic carbocycles. The van der Waals surface area contributed by atoms with Gasteiger partial charge in [-0.2, -0.15) is 0 Å². The first kappa shape index (κ1) is 9.63. The molecule has 0 saturated heterocycles. The molecule has 10 heavy (non-hydrogen) atoms. The van der Waals surface area contributed by atoms with E-state index in [1.165, 1.54) is 0 Å². The zero-order chi connectivity index (χ0) is 7.98. The Morgan fingerprint density at radius 1 is 1.30 bits per heavy atom. The third-order valence-corrected chi connectivity index (χ3v) is 1.60. The molecule has 0 aromatic heterocycles. The van der Waals surface area contributed by atoms with Gasteiger partial charge in [-0.3, -0.25) is 0 Å². The number of allylic oxidation sites excluding steroid dienone is 1. The predicted molar refractivity (Wildman–Crippen MR) is 42.3 cm³/mol. The van der Waals surface area contributed by atoms with E-state index in [4.69, 9.17) is 21.8 Å². The van der Waals surface area contributed by atoms with Crippen molar-refractivity contribution in [1.82, 2.24) is 0 Å². The van der Waals surface area contributed by atoms with Gasteiger partial charge in [0.05, 0.1) is 5.03 Å². The quantitative estimate of drug-likeness (QED) is 0.495. The maximum Gasteiger partial charge on any atom is 0.289 e. The van der Waals surface area contributed by atoms with Gasteiger partial charge in [0.2, 0.25) is 0 Å². The molecule has 0 aliphatic rings. The molecule has 0 aromatic rings. The summed E-state index contributed by atoms with van der Waals surface area (Å²) in [7, 11) is 0. The van der Waals surface area contributed by atoms with Crippen molar-refractivity contribution < 1.29 is 10.2 Å². The highest BCUT2D eigenvalue weighted by Crippen LogP contribution is 2.14. The van der Waals surface area contributed by atoms with Gasteiger partial charge in [0.1, 0.15) is 0 Å². The minimum atomic E-state index is -0.738. The Bertz CT molecular complexity index is 117. The van der Waals surface area contributed by atoms with E-state index in [0.717, 1.165) is 19.3 Å². The molecule has 2 nitrogen and oxygen atoms in total. The summed E-state index contributed by atoms with van der Waals surface area (Å²) in [6, 6.07) is 0.